The van der Waals surface area contributed by atoms with E-state index < -0.39 is 35.3 Å². The first kappa shape index (κ1) is 25.2. The first-order valence-electron chi connectivity index (χ1n) is 10.1. The summed E-state index contributed by atoms with van der Waals surface area (Å²) in [5.41, 5.74) is 1.25. The van der Waals surface area contributed by atoms with Crippen LogP contribution in [0.3, 0.4) is 0 Å². The van der Waals surface area contributed by atoms with E-state index in [1.807, 2.05) is 0 Å². The van der Waals surface area contributed by atoms with Crippen molar-refractivity contribution in [1.29, 1.82) is 0 Å². The molecule has 2 aromatic carbocycles. The number of halogens is 4. The molecule has 5 nitrogen and oxygen atoms in total. The molecular weight excluding hydrogens is 472 g/mol. The molecule has 0 N–H and O–H groups in total. The summed E-state index contributed by atoms with van der Waals surface area (Å²) in [6, 6.07) is 15.1. The lowest BCUT2D eigenvalue weighted by Crippen LogP contribution is -2.37. The average Bonchev–Trinajstić information content (AvgIpc) is 2.84. The maximum absolute atomic E-state index is 13.8. The van der Waals surface area contributed by atoms with Gasteiger partial charge in [0.25, 0.3) is 10.0 Å². The Bertz CT molecular complexity index is 1220. The van der Waals surface area contributed by atoms with Crippen molar-refractivity contribution in [2.75, 3.05) is 18.0 Å². The molecule has 0 saturated heterocycles. The summed E-state index contributed by atoms with van der Waals surface area (Å²) in [6.45, 7) is -0.855. The van der Waals surface area contributed by atoms with Crippen molar-refractivity contribution in [3.05, 3.63) is 84.2 Å². The highest BCUT2D eigenvalue weighted by molar-refractivity contribution is 7.92. The van der Waals surface area contributed by atoms with Crippen molar-refractivity contribution >= 4 is 27.9 Å². The minimum absolute atomic E-state index is 0.0775. The number of benzene rings is 2. The second-order valence-corrected chi connectivity index (χ2v) is 9.10. The Morgan fingerprint density at radius 3 is 2.26 bits per heavy atom. The molecule has 0 fully saturated rings. The van der Waals surface area contributed by atoms with Crippen molar-refractivity contribution < 1.29 is 30.7 Å². The zero-order valence-corrected chi connectivity index (χ0v) is 18.9. The summed E-state index contributed by atoms with van der Waals surface area (Å²) in [7, 11) is -2.97. The number of hydrogen-bond donors (Lipinski definition) is 0. The Morgan fingerprint density at radius 2 is 1.65 bits per heavy atom. The van der Waals surface area contributed by atoms with E-state index in [2.05, 4.69) is 4.98 Å². The molecule has 34 heavy (non-hydrogen) atoms. The monoisotopic (exact) mass is 494 g/mol. The van der Waals surface area contributed by atoms with Crippen LogP contribution in [0.4, 0.5) is 23.2 Å². The van der Waals surface area contributed by atoms with Gasteiger partial charge in [-0.2, -0.15) is 0 Å². The van der Waals surface area contributed by atoms with Gasteiger partial charge in [-0.3, -0.25) is 9.29 Å². The normalized spacial score (nSPS) is 12.3. The minimum Gasteiger partial charge on any atom is -0.497 e. The van der Waals surface area contributed by atoms with E-state index in [9.17, 15) is 26.0 Å². The third kappa shape index (κ3) is 5.93. The van der Waals surface area contributed by atoms with Gasteiger partial charge >= 0.3 is 12.3 Å². The summed E-state index contributed by atoms with van der Waals surface area (Å²) in [4.78, 5) is 3.73. The van der Waals surface area contributed by atoms with Gasteiger partial charge in [-0.25, -0.2) is 26.0 Å². The fourth-order valence-corrected chi connectivity index (χ4v) is 4.61. The third-order valence-corrected chi connectivity index (χ3v) is 6.81. The molecule has 0 aliphatic carbocycles. The van der Waals surface area contributed by atoms with Gasteiger partial charge in [0.05, 0.1) is 17.7 Å². The molecule has 10 heteroatoms. The standard InChI is InChI=1S/C24H22F4N2O3S/c1-33-20-8-10-21(11-9-20)34(31,32)30(17-14-24(27,28)23(25)26)22-5-3-2-4-19(22)7-6-18-12-15-29-16-13-18/h2-13,15-16,23H,14,17H2,1H3/b7-6+. The Balaban J connectivity index is 2.06. The van der Waals surface area contributed by atoms with Crippen molar-refractivity contribution in [1.82, 2.24) is 4.98 Å². The molecule has 3 rings (SSSR count). The summed E-state index contributed by atoms with van der Waals surface area (Å²) >= 11 is 0. The number of aromatic nitrogens is 1. The molecule has 3 aromatic rings. The van der Waals surface area contributed by atoms with Crippen molar-refractivity contribution in [2.24, 2.45) is 0 Å². The van der Waals surface area contributed by atoms with E-state index in [4.69, 9.17) is 4.74 Å². The number of ether oxygens (including phenoxy) is 1. The number of pyridine rings is 1. The SMILES string of the molecule is COc1ccc(S(=O)(=O)N(CCC(F)(F)C(F)F)c2ccccc2/C=C/c2ccncc2)cc1. The number of nitrogens with zero attached hydrogens (tertiary/aromatic N) is 2. The van der Waals surface area contributed by atoms with Crippen LogP contribution in [0.25, 0.3) is 12.2 Å². The van der Waals surface area contributed by atoms with E-state index in [1.54, 1.807) is 54.9 Å². The summed E-state index contributed by atoms with van der Waals surface area (Å²) in [5.74, 6) is -3.95. The molecule has 0 aliphatic rings. The van der Waals surface area contributed by atoms with Gasteiger partial charge in [-0.05, 0) is 53.6 Å². The Labute approximate surface area is 195 Å². The number of methoxy groups -OCH3 is 1. The fraction of sp³-hybridized carbons (Fsp3) is 0.208. The van der Waals surface area contributed by atoms with Crippen LogP contribution in [-0.2, 0) is 10.0 Å². The molecule has 0 aliphatic heterocycles. The van der Waals surface area contributed by atoms with Gasteiger partial charge in [0.15, 0.2) is 0 Å². The van der Waals surface area contributed by atoms with Gasteiger partial charge in [-0.1, -0.05) is 30.4 Å². The Hall–Kier alpha value is -3.40. The van der Waals surface area contributed by atoms with Crippen LogP contribution in [0.15, 0.2) is 78.0 Å². The van der Waals surface area contributed by atoms with Crippen LogP contribution < -0.4 is 9.04 Å². The largest absolute Gasteiger partial charge is 0.497 e. The number of para-hydroxylation sites is 1. The second kappa shape index (κ2) is 10.7. The van der Waals surface area contributed by atoms with Gasteiger partial charge in [0.2, 0.25) is 0 Å². The first-order valence-corrected chi connectivity index (χ1v) is 11.6. The van der Waals surface area contributed by atoms with E-state index >= 15 is 0 Å². The quantitative estimate of drug-likeness (QED) is 0.337. The molecular formula is C24H22F4N2O3S. The molecule has 0 bridgehead atoms. The second-order valence-electron chi connectivity index (χ2n) is 7.24. The van der Waals surface area contributed by atoms with Crippen LogP contribution in [-0.4, -0.2) is 39.4 Å². The Kier molecular flexibility index (Phi) is 7.93. The zero-order chi connectivity index (χ0) is 24.8. The van der Waals surface area contributed by atoms with Crippen molar-refractivity contribution in [3.8, 4) is 5.75 Å². The lowest BCUT2D eigenvalue weighted by atomic mass is 10.1. The topological polar surface area (TPSA) is 59.5 Å². The highest BCUT2D eigenvalue weighted by Crippen LogP contribution is 2.33. The zero-order valence-electron chi connectivity index (χ0n) is 18.1. The fourth-order valence-electron chi connectivity index (χ4n) is 3.12. The van der Waals surface area contributed by atoms with E-state index in [0.717, 1.165) is 9.87 Å². The molecule has 0 saturated carbocycles. The van der Waals surface area contributed by atoms with Crippen LogP contribution in [0.5, 0.6) is 5.75 Å². The third-order valence-electron chi connectivity index (χ3n) is 4.98. The molecule has 0 spiro atoms. The van der Waals surface area contributed by atoms with Crippen LogP contribution in [0.2, 0.25) is 0 Å². The number of alkyl halides is 4. The van der Waals surface area contributed by atoms with E-state index in [0.29, 0.717) is 11.3 Å². The minimum atomic E-state index is -4.38. The molecule has 0 atom stereocenters. The smallest absolute Gasteiger partial charge is 0.309 e. The predicted molar refractivity (Wildman–Crippen MR) is 123 cm³/mol. The summed E-state index contributed by atoms with van der Waals surface area (Å²) in [6.07, 6.45) is 1.21. The molecule has 0 unspecified atom stereocenters. The number of hydrogen-bond acceptors (Lipinski definition) is 4. The summed E-state index contributed by atoms with van der Waals surface area (Å²) < 4.78 is 85.9. The van der Waals surface area contributed by atoms with Gasteiger partial charge in [-0.15, -0.1) is 0 Å². The highest BCUT2D eigenvalue weighted by atomic mass is 32.2. The number of sulfonamides is 1. The van der Waals surface area contributed by atoms with Crippen LogP contribution in [0, 0.1) is 0 Å². The van der Waals surface area contributed by atoms with E-state index in [-0.39, 0.29) is 10.6 Å². The van der Waals surface area contributed by atoms with Gasteiger partial charge in [0.1, 0.15) is 5.75 Å². The molecule has 180 valence electrons. The lowest BCUT2D eigenvalue weighted by molar-refractivity contribution is -0.130. The molecule has 1 heterocycles. The van der Waals surface area contributed by atoms with Crippen molar-refractivity contribution in [3.63, 3.8) is 0 Å². The van der Waals surface area contributed by atoms with Crippen LogP contribution >= 0.6 is 0 Å². The predicted octanol–water partition coefficient (Wildman–Crippen LogP) is 5.75. The molecule has 0 radical (unpaired) electrons. The highest BCUT2D eigenvalue weighted by Gasteiger charge is 2.42. The average molecular weight is 495 g/mol. The van der Waals surface area contributed by atoms with Gasteiger partial charge in [0, 0.05) is 25.4 Å². The maximum atomic E-state index is 13.8. The molecule has 1 aromatic heterocycles. The summed E-state index contributed by atoms with van der Waals surface area (Å²) in [5, 5.41) is 0. The van der Waals surface area contributed by atoms with Crippen molar-refractivity contribution in [2.45, 2.75) is 23.7 Å². The van der Waals surface area contributed by atoms with Crippen LogP contribution in [0.1, 0.15) is 17.5 Å². The first-order chi connectivity index (χ1) is 16.1. The lowest BCUT2D eigenvalue weighted by Gasteiger charge is -2.28. The molecule has 0 amide bonds. The number of rotatable bonds is 10. The van der Waals surface area contributed by atoms with Gasteiger partial charge < -0.3 is 4.74 Å². The number of anilines is 1. The van der Waals surface area contributed by atoms with E-state index in [1.165, 1.54) is 37.4 Å². The Morgan fingerprint density at radius 1 is 1.00 bits per heavy atom. The maximum Gasteiger partial charge on any atom is 0.309 e.